The number of aryl methyl sites for hydroxylation is 1. The Hall–Kier alpha value is -3.15. The summed E-state index contributed by atoms with van der Waals surface area (Å²) < 4.78 is 30.0. The van der Waals surface area contributed by atoms with Gasteiger partial charge in [-0.25, -0.2) is 14.0 Å². The molecule has 0 spiro atoms. The summed E-state index contributed by atoms with van der Waals surface area (Å²) in [5, 5.41) is 0. The summed E-state index contributed by atoms with van der Waals surface area (Å²) in [4.78, 5) is 23.1. The maximum absolute atomic E-state index is 14.3. The van der Waals surface area contributed by atoms with Gasteiger partial charge in [0.15, 0.2) is 0 Å². The first kappa shape index (κ1) is 24.1. The summed E-state index contributed by atoms with van der Waals surface area (Å²) in [6.45, 7) is 6.17. The quantitative estimate of drug-likeness (QED) is 0.175. The van der Waals surface area contributed by atoms with Crippen molar-refractivity contribution in [2.24, 2.45) is 0 Å². The van der Waals surface area contributed by atoms with Gasteiger partial charge >= 0.3 is 11.9 Å². The number of esters is 2. The number of rotatable bonds is 13. The summed E-state index contributed by atoms with van der Waals surface area (Å²) in [7, 11) is 0. The molecule has 0 N–H and O–H groups in total. The maximum atomic E-state index is 14.3. The predicted octanol–water partition coefficient (Wildman–Crippen LogP) is 5.80. The summed E-state index contributed by atoms with van der Waals surface area (Å²) >= 11 is 0. The zero-order chi connectivity index (χ0) is 22.5. The SMILES string of the molecule is C=CC(=O)OCCCCCCCCOc1ccc(C(=O)Oc2ccc(C)cc2)c(F)c1. The van der Waals surface area contributed by atoms with E-state index in [0.717, 1.165) is 50.2 Å². The van der Waals surface area contributed by atoms with Gasteiger partial charge in [0.25, 0.3) is 0 Å². The van der Waals surface area contributed by atoms with Gasteiger partial charge in [-0.3, -0.25) is 0 Å². The fourth-order valence-corrected chi connectivity index (χ4v) is 2.85. The van der Waals surface area contributed by atoms with Crippen molar-refractivity contribution in [2.45, 2.75) is 45.4 Å². The molecule has 0 saturated heterocycles. The molecular weight excluding hydrogens is 399 g/mol. The van der Waals surface area contributed by atoms with Crippen LogP contribution < -0.4 is 9.47 Å². The number of halogens is 1. The third kappa shape index (κ3) is 9.03. The summed E-state index contributed by atoms with van der Waals surface area (Å²) in [6.07, 6.45) is 6.95. The van der Waals surface area contributed by atoms with Crippen LogP contribution in [-0.4, -0.2) is 25.2 Å². The van der Waals surface area contributed by atoms with Gasteiger partial charge in [-0.1, -0.05) is 50.0 Å². The van der Waals surface area contributed by atoms with Gasteiger partial charge in [0.1, 0.15) is 17.3 Å². The maximum Gasteiger partial charge on any atom is 0.346 e. The monoisotopic (exact) mass is 428 g/mol. The highest BCUT2D eigenvalue weighted by Gasteiger charge is 2.15. The van der Waals surface area contributed by atoms with Crippen LogP contribution in [0.3, 0.4) is 0 Å². The molecule has 2 aromatic carbocycles. The zero-order valence-electron chi connectivity index (χ0n) is 17.9. The highest BCUT2D eigenvalue weighted by atomic mass is 19.1. The first-order valence-corrected chi connectivity index (χ1v) is 10.5. The van der Waals surface area contributed by atoms with Crippen molar-refractivity contribution in [2.75, 3.05) is 13.2 Å². The van der Waals surface area contributed by atoms with Crippen LogP contribution in [0, 0.1) is 12.7 Å². The Kier molecular flexibility index (Phi) is 10.3. The Morgan fingerprint density at radius 3 is 2.16 bits per heavy atom. The number of unbranched alkanes of at least 4 members (excludes halogenated alkanes) is 5. The minimum atomic E-state index is -0.743. The Morgan fingerprint density at radius 2 is 1.52 bits per heavy atom. The van der Waals surface area contributed by atoms with Crippen molar-refractivity contribution in [1.29, 1.82) is 0 Å². The highest BCUT2D eigenvalue weighted by Crippen LogP contribution is 2.20. The van der Waals surface area contributed by atoms with E-state index in [1.807, 2.05) is 19.1 Å². The zero-order valence-corrected chi connectivity index (χ0v) is 17.9. The van der Waals surface area contributed by atoms with Crippen LogP contribution in [0.25, 0.3) is 0 Å². The largest absolute Gasteiger partial charge is 0.493 e. The van der Waals surface area contributed by atoms with E-state index in [0.29, 0.717) is 24.7 Å². The van der Waals surface area contributed by atoms with E-state index in [4.69, 9.17) is 14.2 Å². The number of carbonyl (C=O) groups excluding carboxylic acids is 2. The lowest BCUT2D eigenvalue weighted by atomic mass is 10.1. The average Bonchev–Trinajstić information content (AvgIpc) is 2.76. The fourth-order valence-electron chi connectivity index (χ4n) is 2.85. The van der Waals surface area contributed by atoms with E-state index in [1.54, 1.807) is 18.2 Å². The molecule has 0 saturated carbocycles. The molecule has 0 atom stereocenters. The molecule has 6 heteroatoms. The molecule has 0 radical (unpaired) electrons. The van der Waals surface area contributed by atoms with Crippen molar-refractivity contribution in [1.82, 2.24) is 0 Å². The van der Waals surface area contributed by atoms with Gasteiger partial charge in [0, 0.05) is 12.1 Å². The standard InChI is InChI=1S/C25H29FO5/c1-3-24(27)30-17-9-7-5-4-6-8-16-29-21-14-15-22(23(26)18-21)25(28)31-20-12-10-19(2)11-13-20/h3,10-15,18H,1,4-9,16-17H2,2H3. The second-order valence-electron chi connectivity index (χ2n) is 7.19. The van der Waals surface area contributed by atoms with Gasteiger partial charge in [-0.15, -0.1) is 0 Å². The molecule has 0 aromatic heterocycles. The van der Waals surface area contributed by atoms with Crippen LogP contribution in [0.2, 0.25) is 0 Å². The Bertz CT molecular complexity index is 861. The third-order valence-electron chi connectivity index (χ3n) is 4.61. The van der Waals surface area contributed by atoms with Gasteiger partial charge < -0.3 is 14.2 Å². The molecule has 0 heterocycles. The van der Waals surface area contributed by atoms with Gasteiger partial charge in [0.2, 0.25) is 0 Å². The lowest BCUT2D eigenvalue weighted by Crippen LogP contribution is -2.11. The fraction of sp³-hybridized carbons (Fsp3) is 0.360. The van der Waals surface area contributed by atoms with E-state index >= 15 is 0 Å². The van der Waals surface area contributed by atoms with Gasteiger partial charge in [-0.2, -0.15) is 0 Å². The van der Waals surface area contributed by atoms with Crippen LogP contribution >= 0.6 is 0 Å². The molecule has 0 unspecified atom stereocenters. The topological polar surface area (TPSA) is 61.8 Å². The molecule has 31 heavy (non-hydrogen) atoms. The molecule has 0 fully saturated rings. The molecular formula is C25H29FO5. The van der Waals surface area contributed by atoms with Gasteiger partial charge in [-0.05, 0) is 44.0 Å². The van der Waals surface area contributed by atoms with Crippen molar-refractivity contribution >= 4 is 11.9 Å². The summed E-state index contributed by atoms with van der Waals surface area (Å²) in [6, 6.07) is 11.1. The minimum absolute atomic E-state index is 0.133. The number of carbonyl (C=O) groups is 2. The van der Waals surface area contributed by atoms with E-state index in [9.17, 15) is 14.0 Å². The first-order chi connectivity index (χ1) is 15.0. The molecule has 2 aromatic rings. The van der Waals surface area contributed by atoms with Crippen molar-refractivity contribution in [3.63, 3.8) is 0 Å². The Labute approximate surface area is 182 Å². The smallest absolute Gasteiger partial charge is 0.346 e. The second kappa shape index (κ2) is 13.2. The van der Waals surface area contributed by atoms with Crippen LogP contribution in [0.5, 0.6) is 11.5 Å². The Balaban J connectivity index is 1.63. The molecule has 0 aliphatic heterocycles. The molecule has 166 valence electrons. The number of hydrogen-bond acceptors (Lipinski definition) is 5. The lowest BCUT2D eigenvalue weighted by Gasteiger charge is -2.09. The van der Waals surface area contributed by atoms with Crippen molar-refractivity contribution in [3.8, 4) is 11.5 Å². The van der Waals surface area contributed by atoms with Gasteiger partial charge in [0.05, 0.1) is 18.8 Å². The lowest BCUT2D eigenvalue weighted by molar-refractivity contribution is -0.137. The third-order valence-corrected chi connectivity index (χ3v) is 4.61. The number of hydrogen-bond donors (Lipinski definition) is 0. The minimum Gasteiger partial charge on any atom is -0.493 e. The average molecular weight is 429 g/mol. The van der Waals surface area contributed by atoms with Crippen LogP contribution in [0.1, 0.15) is 54.4 Å². The molecule has 5 nitrogen and oxygen atoms in total. The van der Waals surface area contributed by atoms with E-state index in [-0.39, 0.29) is 11.5 Å². The van der Waals surface area contributed by atoms with Crippen LogP contribution in [0.4, 0.5) is 4.39 Å². The summed E-state index contributed by atoms with van der Waals surface area (Å²) in [5.41, 5.74) is 0.908. The molecule has 0 aliphatic carbocycles. The number of ether oxygens (including phenoxy) is 3. The molecule has 0 amide bonds. The first-order valence-electron chi connectivity index (χ1n) is 10.5. The Morgan fingerprint density at radius 1 is 0.903 bits per heavy atom. The van der Waals surface area contributed by atoms with Crippen molar-refractivity contribution in [3.05, 3.63) is 72.1 Å². The second-order valence-corrected chi connectivity index (χ2v) is 7.19. The van der Waals surface area contributed by atoms with Crippen molar-refractivity contribution < 1.29 is 28.2 Å². The van der Waals surface area contributed by atoms with E-state index < -0.39 is 11.8 Å². The highest BCUT2D eigenvalue weighted by molar-refractivity contribution is 5.91. The van der Waals surface area contributed by atoms with Crippen LogP contribution in [0.15, 0.2) is 55.1 Å². The van der Waals surface area contributed by atoms with E-state index in [1.165, 1.54) is 12.1 Å². The van der Waals surface area contributed by atoms with Crippen LogP contribution in [-0.2, 0) is 9.53 Å². The number of benzene rings is 2. The predicted molar refractivity (Wildman–Crippen MR) is 117 cm³/mol. The normalized spacial score (nSPS) is 10.4. The molecule has 0 aliphatic rings. The van der Waals surface area contributed by atoms with E-state index in [2.05, 4.69) is 6.58 Å². The molecule has 2 rings (SSSR count). The molecule has 0 bridgehead atoms. The summed E-state index contributed by atoms with van der Waals surface area (Å²) in [5.74, 6) is -1.05.